The van der Waals surface area contributed by atoms with Crippen LogP contribution in [-0.4, -0.2) is 36.8 Å². The standard InChI is InChI=1S/C20H19N3O5/c1-28-20(27)12-6-8-13(9-7-12)21-17(24)11-10-16-19(26)22-15-5-3-2-4-14(15)18(25)23-16/h2-9,16H,10-11H2,1H3,(H,21,24)(H,22,26)(H,23,25)/t16-/m0/s1. The number of esters is 1. The topological polar surface area (TPSA) is 114 Å². The van der Waals surface area contributed by atoms with E-state index in [9.17, 15) is 19.2 Å². The van der Waals surface area contributed by atoms with Gasteiger partial charge in [0.2, 0.25) is 11.8 Å². The summed E-state index contributed by atoms with van der Waals surface area (Å²) >= 11 is 0. The molecule has 1 atom stereocenters. The Bertz CT molecular complexity index is 924. The first-order valence-corrected chi connectivity index (χ1v) is 8.67. The van der Waals surface area contributed by atoms with E-state index in [1.165, 1.54) is 19.2 Å². The SMILES string of the molecule is COC(=O)c1ccc(NC(=O)CC[C@@H]2NC(=O)c3ccccc3NC2=O)cc1. The van der Waals surface area contributed by atoms with Crippen molar-refractivity contribution in [2.24, 2.45) is 0 Å². The largest absolute Gasteiger partial charge is 0.465 e. The molecule has 0 unspecified atom stereocenters. The minimum absolute atomic E-state index is 0.0352. The highest BCUT2D eigenvalue weighted by Crippen LogP contribution is 2.19. The molecular weight excluding hydrogens is 362 g/mol. The van der Waals surface area contributed by atoms with Crippen molar-refractivity contribution >= 4 is 35.1 Å². The van der Waals surface area contributed by atoms with E-state index in [1.807, 2.05) is 0 Å². The van der Waals surface area contributed by atoms with Crippen molar-refractivity contribution < 1.29 is 23.9 Å². The molecule has 1 heterocycles. The summed E-state index contributed by atoms with van der Waals surface area (Å²) in [6.45, 7) is 0. The van der Waals surface area contributed by atoms with Crippen LogP contribution in [0.2, 0.25) is 0 Å². The molecule has 1 aliphatic rings. The Morgan fingerprint density at radius 2 is 1.79 bits per heavy atom. The molecule has 144 valence electrons. The number of hydrogen-bond acceptors (Lipinski definition) is 5. The van der Waals surface area contributed by atoms with Crippen LogP contribution in [0.5, 0.6) is 0 Å². The van der Waals surface area contributed by atoms with Crippen molar-refractivity contribution in [3.05, 3.63) is 59.7 Å². The molecule has 2 aromatic rings. The van der Waals surface area contributed by atoms with Gasteiger partial charge in [-0.05, 0) is 42.8 Å². The highest BCUT2D eigenvalue weighted by atomic mass is 16.5. The summed E-state index contributed by atoms with van der Waals surface area (Å²) in [6, 6.07) is 12.2. The fraction of sp³-hybridized carbons (Fsp3) is 0.200. The lowest BCUT2D eigenvalue weighted by Crippen LogP contribution is -2.41. The van der Waals surface area contributed by atoms with Gasteiger partial charge < -0.3 is 20.7 Å². The molecule has 0 fully saturated rings. The van der Waals surface area contributed by atoms with Crippen molar-refractivity contribution in [2.75, 3.05) is 17.7 Å². The maximum absolute atomic E-state index is 12.3. The molecule has 3 amide bonds. The number of carbonyl (C=O) groups excluding carboxylic acids is 4. The minimum atomic E-state index is -0.813. The Morgan fingerprint density at radius 1 is 1.07 bits per heavy atom. The van der Waals surface area contributed by atoms with E-state index < -0.39 is 12.0 Å². The van der Waals surface area contributed by atoms with E-state index in [2.05, 4.69) is 20.7 Å². The van der Waals surface area contributed by atoms with Crippen LogP contribution < -0.4 is 16.0 Å². The van der Waals surface area contributed by atoms with Crippen LogP contribution in [0.15, 0.2) is 48.5 Å². The maximum Gasteiger partial charge on any atom is 0.337 e. The Morgan fingerprint density at radius 3 is 2.50 bits per heavy atom. The molecule has 0 bridgehead atoms. The van der Waals surface area contributed by atoms with Gasteiger partial charge >= 0.3 is 5.97 Å². The lowest BCUT2D eigenvalue weighted by atomic mass is 10.1. The molecule has 2 aromatic carbocycles. The number of amides is 3. The molecule has 0 saturated heterocycles. The van der Waals surface area contributed by atoms with Crippen LogP contribution in [0.3, 0.4) is 0 Å². The number of para-hydroxylation sites is 1. The molecule has 8 nitrogen and oxygen atoms in total. The number of benzene rings is 2. The second kappa shape index (κ2) is 8.34. The highest BCUT2D eigenvalue weighted by molar-refractivity contribution is 6.10. The third kappa shape index (κ3) is 4.35. The third-order valence-electron chi connectivity index (χ3n) is 4.30. The van der Waals surface area contributed by atoms with E-state index in [4.69, 9.17) is 0 Å². The van der Waals surface area contributed by atoms with Crippen molar-refractivity contribution in [2.45, 2.75) is 18.9 Å². The van der Waals surface area contributed by atoms with Crippen molar-refractivity contribution in [1.82, 2.24) is 5.32 Å². The number of anilines is 2. The quantitative estimate of drug-likeness (QED) is 0.685. The molecule has 1 aliphatic heterocycles. The number of nitrogens with one attached hydrogen (secondary N) is 3. The molecule has 0 radical (unpaired) electrons. The third-order valence-corrected chi connectivity index (χ3v) is 4.30. The van der Waals surface area contributed by atoms with Crippen LogP contribution in [-0.2, 0) is 14.3 Å². The Labute approximate surface area is 161 Å². The summed E-state index contributed by atoms with van der Waals surface area (Å²) in [7, 11) is 1.29. The normalized spacial score (nSPS) is 15.5. The summed E-state index contributed by atoms with van der Waals surface area (Å²) in [4.78, 5) is 48.2. The molecule has 0 aliphatic carbocycles. The highest BCUT2D eigenvalue weighted by Gasteiger charge is 2.27. The lowest BCUT2D eigenvalue weighted by molar-refractivity contribution is -0.118. The predicted molar refractivity (Wildman–Crippen MR) is 102 cm³/mol. The van der Waals surface area contributed by atoms with E-state index >= 15 is 0 Å². The lowest BCUT2D eigenvalue weighted by Gasteiger charge is -2.14. The van der Waals surface area contributed by atoms with Gasteiger partial charge in [-0.25, -0.2) is 4.79 Å². The number of ether oxygens (including phenoxy) is 1. The van der Waals surface area contributed by atoms with Gasteiger partial charge in [0, 0.05) is 12.1 Å². The molecular formula is C20H19N3O5. The van der Waals surface area contributed by atoms with Crippen molar-refractivity contribution in [3.63, 3.8) is 0 Å². The van der Waals surface area contributed by atoms with Gasteiger partial charge in [-0.1, -0.05) is 12.1 Å². The zero-order chi connectivity index (χ0) is 20.1. The van der Waals surface area contributed by atoms with E-state index in [-0.39, 0.29) is 30.6 Å². The van der Waals surface area contributed by atoms with Gasteiger partial charge in [-0.3, -0.25) is 14.4 Å². The van der Waals surface area contributed by atoms with Gasteiger partial charge in [0.05, 0.1) is 23.9 Å². The van der Waals surface area contributed by atoms with E-state index in [1.54, 1.807) is 36.4 Å². The molecule has 28 heavy (non-hydrogen) atoms. The summed E-state index contributed by atoms with van der Waals surface area (Å²) in [6.07, 6.45) is 0.186. The average Bonchev–Trinajstić information content (AvgIpc) is 2.82. The number of carbonyl (C=O) groups is 4. The zero-order valence-electron chi connectivity index (χ0n) is 15.2. The zero-order valence-corrected chi connectivity index (χ0v) is 15.2. The molecule has 0 saturated carbocycles. The second-order valence-corrected chi connectivity index (χ2v) is 6.22. The molecule has 3 rings (SSSR count). The van der Waals surface area contributed by atoms with Crippen LogP contribution in [0.4, 0.5) is 11.4 Å². The van der Waals surface area contributed by atoms with Gasteiger partial charge in [0.25, 0.3) is 5.91 Å². The van der Waals surface area contributed by atoms with Crippen LogP contribution in [0, 0.1) is 0 Å². The first-order valence-electron chi connectivity index (χ1n) is 8.67. The van der Waals surface area contributed by atoms with E-state index in [0.29, 0.717) is 22.5 Å². The first kappa shape index (κ1) is 19.1. The van der Waals surface area contributed by atoms with Gasteiger partial charge in [0.1, 0.15) is 6.04 Å². The second-order valence-electron chi connectivity index (χ2n) is 6.22. The molecule has 0 aromatic heterocycles. The molecule has 0 spiro atoms. The van der Waals surface area contributed by atoms with Crippen LogP contribution in [0.1, 0.15) is 33.6 Å². The Hall–Kier alpha value is -3.68. The molecule has 8 heteroatoms. The van der Waals surface area contributed by atoms with Crippen molar-refractivity contribution in [1.29, 1.82) is 0 Å². The Balaban J connectivity index is 1.56. The van der Waals surface area contributed by atoms with Crippen LogP contribution in [0.25, 0.3) is 0 Å². The summed E-state index contributed by atoms with van der Waals surface area (Å²) in [5.74, 6) is -1.50. The van der Waals surface area contributed by atoms with E-state index in [0.717, 1.165) is 0 Å². The van der Waals surface area contributed by atoms with Crippen molar-refractivity contribution in [3.8, 4) is 0 Å². The fourth-order valence-electron chi connectivity index (χ4n) is 2.82. The summed E-state index contributed by atoms with van der Waals surface area (Å²) in [5.41, 5.74) is 1.72. The summed E-state index contributed by atoms with van der Waals surface area (Å²) < 4.78 is 4.62. The minimum Gasteiger partial charge on any atom is -0.465 e. The predicted octanol–water partition coefficient (Wildman–Crippen LogP) is 1.94. The average molecular weight is 381 g/mol. The molecule has 3 N–H and O–H groups in total. The number of rotatable bonds is 5. The fourth-order valence-corrected chi connectivity index (χ4v) is 2.82. The summed E-state index contributed by atoms with van der Waals surface area (Å²) in [5, 5.41) is 8.04. The number of methoxy groups -OCH3 is 1. The Kier molecular flexibility index (Phi) is 5.69. The maximum atomic E-state index is 12.3. The smallest absolute Gasteiger partial charge is 0.337 e. The number of hydrogen-bond donors (Lipinski definition) is 3. The van der Waals surface area contributed by atoms with Gasteiger partial charge in [0.15, 0.2) is 0 Å². The van der Waals surface area contributed by atoms with Gasteiger partial charge in [-0.2, -0.15) is 0 Å². The monoisotopic (exact) mass is 381 g/mol. The van der Waals surface area contributed by atoms with Gasteiger partial charge in [-0.15, -0.1) is 0 Å². The number of fused-ring (bicyclic) bond motifs is 1. The first-order chi connectivity index (χ1) is 13.5. The van der Waals surface area contributed by atoms with Crippen LogP contribution >= 0.6 is 0 Å².